The summed E-state index contributed by atoms with van der Waals surface area (Å²) in [7, 11) is 5.76. The highest BCUT2D eigenvalue weighted by molar-refractivity contribution is 7.89. The van der Waals surface area contributed by atoms with Gasteiger partial charge in [0.1, 0.15) is 11.6 Å². The quantitative estimate of drug-likeness (QED) is 0.484. The molecule has 0 atom stereocenters. The molecule has 0 aliphatic carbocycles. The molecule has 2 aromatic heterocycles. The van der Waals surface area contributed by atoms with Crippen LogP contribution >= 0.6 is 0 Å². The number of fused-ring (bicyclic) bond motifs is 1. The Morgan fingerprint density at radius 3 is 2.27 bits per heavy atom. The van der Waals surface area contributed by atoms with Crippen molar-refractivity contribution in [1.82, 2.24) is 23.8 Å². The number of anilines is 3. The van der Waals surface area contributed by atoms with Gasteiger partial charge in [0.05, 0.1) is 11.1 Å². The predicted molar refractivity (Wildman–Crippen MR) is 134 cm³/mol. The molecule has 0 saturated carbocycles. The van der Waals surface area contributed by atoms with Crippen LogP contribution in [0.3, 0.4) is 0 Å². The maximum Gasteiger partial charge on any atom is 0.242 e. The van der Waals surface area contributed by atoms with Crippen molar-refractivity contribution in [2.75, 3.05) is 58.5 Å². The van der Waals surface area contributed by atoms with E-state index >= 15 is 0 Å². The Labute approximate surface area is 197 Å². The fourth-order valence-electron chi connectivity index (χ4n) is 3.47. The second-order valence-corrected chi connectivity index (χ2v) is 11.2. The topological polar surface area (TPSA) is 86.1 Å². The molecule has 33 heavy (non-hydrogen) atoms. The molecule has 0 aliphatic rings. The van der Waals surface area contributed by atoms with Crippen LogP contribution in [0.15, 0.2) is 41.4 Å². The van der Waals surface area contributed by atoms with Gasteiger partial charge in [-0.2, -0.15) is 9.61 Å². The first-order valence-electron chi connectivity index (χ1n) is 11.0. The van der Waals surface area contributed by atoms with Gasteiger partial charge in [0.25, 0.3) is 0 Å². The fraction of sp³-hybridized carbons (Fsp3) is 0.478. The molecule has 3 aromatic rings. The van der Waals surface area contributed by atoms with Gasteiger partial charge in [0.2, 0.25) is 10.0 Å². The Bertz CT molecular complexity index is 1190. The van der Waals surface area contributed by atoms with E-state index in [1.54, 1.807) is 28.8 Å². The van der Waals surface area contributed by atoms with Crippen LogP contribution in [0.2, 0.25) is 0 Å². The Kier molecular flexibility index (Phi) is 7.61. The van der Waals surface area contributed by atoms with Crippen molar-refractivity contribution in [3.05, 3.63) is 42.1 Å². The highest BCUT2D eigenvalue weighted by Gasteiger charge is 2.18. The first kappa shape index (κ1) is 24.9. The molecular weight excluding hydrogens is 438 g/mol. The molecule has 0 spiro atoms. The van der Waals surface area contributed by atoms with E-state index in [1.165, 1.54) is 18.4 Å². The summed E-state index contributed by atoms with van der Waals surface area (Å²) < 4.78 is 27.7. The van der Waals surface area contributed by atoms with Gasteiger partial charge in [-0.1, -0.05) is 13.8 Å². The fourth-order valence-corrected chi connectivity index (χ4v) is 4.37. The van der Waals surface area contributed by atoms with Gasteiger partial charge < -0.3 is 15.1 Å². The minimum atomic E-state index is -3.47. The molecule has 0 unspecified atom stereocenters. The summed E-state index contributed by atoms with van der Waals surface area (Å²) in [5.74, 6) is 1.91. The summed E-state index contributed by atoms with van der Waals surface area (Å²) in [5.41, 5.74) is 2.66. The van der Waals surface area contributed by atoms with Crippen LogP contribution in [0.25, 0.3) is 5.65 Å². The average Bonchev–Trinajstić information content (AvgIpc) is 3.18. The number of aromatic nitrogens is 3. The second-order valence-electron chi connectivity index (χ2n) is 9.00. The smallest absolute Gasteiger partial charge is 0.242 e. The van der Waals surface area contributed by atoms with Gasteiger partial charge in [-0.05, 0) is 57.2 Å². The van der Waals surface area contributed by atoms with E-state index in [2.05, 4.69) is 48.2 Å². The van der Waals surface area contributed by atoms with E-state index < -0.39 is 10.0 Å². The van der Waals surface area contributed by atoms with E-state index in [1.807, 2.05) is 19.3 Å². The monoisotopic (exact) mass is 473 g/mol. The van der Waals surface area contributed by atoms with E-state index in [9.17, 15) is 8.42 Å². The van der Waals surface area contributed by atoms with Crippen LogP contribution in [0, 0.1) is 0 Å². The molecule has 180 valence electrons. The zero-order chi connectivity index (χ0) is 24.3. The Balaban J connectivity index is 1.96. The highest BCUT2D eigenvalue weighted by atomic mass is 32.2. The summed E-state index contributed by atoms with van der Waals surface area (Å²) in [6.07, 6.45) is 2.89. The lowest BCUT2D eigenvalue weighted by molar-refractivity contribution is 0.401. The van der Waals surface area contributed by atoms with E-state index in [0.29, 0.717) is 0 Å². The Morgan fingerprint density at radius 1 is 1.03 bits per heavy atom. The Hall–Kier alpha value is -2.69. The molecule has 0 radical (unpaired) electrons. The first-order valence-corrected chi connectivity index (χ1v) is 12.5. The zero-order valence-corrected chi connectivity index (χ0v) is 21.4. The van der Waals surface area contributed by atoms with Crippen molar-refractivity contribution in [3.63, 3.8) is 0 Å². The van der Waals surface area contributed by atoms with Gasteiger partial charge in [0, 0.05) is 45.0 Å². The maximum atomic E-state index is 12.4. The number of benzene rings is 1. The minimum absolute atomic E-state index is 0.250. The van der Waals surface area contributed by atoms with Crippen LogP contribution in [0.5, 0.6) is 0 Å². The molecule has 10 heteroatoms. The summed E-state index contributed by atoms with van der Waals surface area (Å²) in [6, 6.07) is 8.70. The van der Waals surface area contributed by atoms with Gasteiger partial charge in [-0.25, -0.2) is 17.7 Å². The van der Waals surface area contributed by atoms with Crippen LogP contribution in [0.4, 0.5) is 17.3 Å². The number of hydrogen-bond acceptors (Lipinski definition) is 7. The Morgan fingerprint density at radius 2 is 1.70 bits per heavy atom. The second kappa shape index (κ2) is 10.1. The van der Waals surface area contributed by atoms with Crippen molar-refractivity contribution in [2.24, 2.45) is 0 Å². The van der Waals surface area contributed by atoms with Crippen molar-refractivity contribution in [3.8, 4) is 0 Å². The zero-order valence-electron chi connectivity index (χ0n) is 20.6. The van der Waals surface area contributed by atoms with Crippen molar-refractivity contribution in [1.29, 1.82) is 0 Å². The van der Waals surface area contributed by atoms with Gasteiger partial charge in [0.15, 0.2) is 5.65 Å². The van der Waals surface area contributed by atoms with E-state index in [-0.39, 0.29) is 10.8 Å². The molecule has 0 bridgehead atoms. The molecule has 0 saturated heterocycles. The standard InChI is InChI=1S/C23H35N7O2S/c1-17(2)20-16-24-30-22(15-21(26-23(20)30)29(7)14-8-13-27(3)4)25-18-9-11-19(12-10-18)33(31,32)28(5)6/h9-12,15-17,25H,8,13-14H2,1-7H3. The first-order chi connectivity index (χ1) is 15.5. The summed E-state index contributed by atoms with van der Waals surface area (Å²) >= 11 is 0. The van der Waals surface area contributed by atoms with E-state index in [0.717, 1.165) is 48.0 Å². The third kappa shape index (κ3) is 5.63. The normalized spacial score (nSPS) is 12.3. The molecule has 2 heterocycles. The summed E-state index contributed by atoms with van der Waals surface area (Å²) in [6.45, 7) is 6.14. The van der Waals surface area contributed by atoms with Crippen LogP contribution in [-0.4, -0.2) is 80.5 Å². The molecule has 0 aliphatic heterocycles. The van der Waals surface area contributed by atoms with Crippen molar-refractivity contribution >= 4 is 33.0 Å². The van der Waals surface area contributed by atoms with E-state index in [4.69, 9.17) is 4.98 Å². The number of sulfonamides is 1. The lowest BCUT2D eigenvalue weighted by atomic mass is 10.1. The predicted octanol–water partition coefficient (Wildman–Crippen LogP) is 3.23. The lowest BCUT2D eigenvalue weighted by Gasteiger charge is -2.21. The third-order valence-corrected chi connectivity index (χ3v) is 7.33. The lowest BCUT2D eigenvalue weighted by Crippen LogP contribution is -2.24. The minimum Gasteiger partial charge on any atom is -0.359 e. The molecule has 3 rings (SSSR count). The number of rotatable bonds is 10. The average molecular weight is 474 g/mol. The van der Waals surface area contributed by atoms with Crippen LogP contribution in [-0.2, 0) is 10.0 Å². The molecule has 1 aromatic carbocycles. The molecule has 9 nitrogen and oxygen atoms in total. The summed E-state index contributed by atoms with van der Waals surface area (Å²) in [5, 5.41) is 7.96. The van der Waals surface area contributed by atoms with Crippen molar-refractivity contribution in [2.45, 2.75) is 31.1 Å². The summed E-state index contributed by atoms with van der Waals surface area (Å²) in [4.78, 5) is 9.48. The van der Waals surface area contributed by atoms with Gasteiger partial charge in [-0.15, -0.1) is 0 Å². The highest BCUT2D eigenvalue weighted by Crippen LogP contribution is 2.27. The van der Waals surface area contributed by atoms with Gasteiger partial charge in [-0.3, -0.25) is 0 Å². The SMILES string of the molecule is CC(C)c1cnn2c(Nc3ccc(S(=O)(=O)N(C)C)cc3)cc(N(C)CCCN(C)C)nc12. The molecule has 1 N–H and O–H groups in total. The molecule has 0 amide bonds. The maximum absolute atomic E-state index is 12.4. The third-order valence-electron chi connectivity index (χ3n) is 5.50. The number of hydrogen-bond donors (Lipinski definition) is 1. The van der Waals surface area contributed by atoms with Crippen molar-refractivity contribution < 1.29 is 8.42 Å². The van der Waals surface area contributed by atoms with Crippen LogP contribution in [0.1, 0.15) is 31.7 Å². The number of nitrogens with zero attached hydrogens (tertiary/aromatic N) is 6. The molecular formula is C23H35N7O2S. The number of nitrogens with one attached hydrogen (secondary N) is 1. The van der Waals surface area contributed by atoms with Gasteiger partial charge >= 0.3 is 0 Å². The molecule has 0 fully saturated rings. The largest absolute Gasteiger partial charge is 0.359 e. The van der Waals surface area contributed by atoms with Crippen LogP contribution < -0.4 is 10.2 Å².